The lowest BCUT2D eigenvalue weighted by Gasteiger charge is -2.18. The van der Waals surface area contributed by atoms with Crippen LogP contribution in [-0.4, -0.2) is 19.6 Å². The van der Waals surface area contributed by atoms with Crippen LogP contribution in [0.2, 0.25) is 0 Å². The fraction of sp³-hybridized carbons (Fsp3) is 0.429. The molecule has 0 saturated carbocycles. The van der Waals surface area contributed by atoms with Gasteiger partial charge in [-0.15, -0.1) is 0 Å². The van der Waals surface area contributed by atoms with Gasteiger partial charge in [-0.3, -0.25) is 0 Å². The van der Waals surface area contributed by atoms with E-state index in [0.717, 1.165) is 15.9 Å². The number of hydrogen-bond donors (Lipinski definition) is 1. The first-order valence-electron chi connectivity index (χ1n) is 6.17. The van der Waals surface area contributed by atoms with E-state index in [1.807, 2.05) is 23.9 Å². The summed E-state index contributed by atoms with van der Waals surface area (Å²) in [6.45, 7) is 6.51. The summed E-state index contributed by atoms with van der Waals surface area (Å²) in [5.74, 6) is 0. The van der Waals surface area contributed by atoms with Crippen molar-refractivity contribution < 1.29 is 5.11 Å². The average molecular weight is 277 g/mol. The van der Waals surface area contributed by atoms with Gasteiger partial charge in [0.05, 0.1) is 18.5 Å². The molecule has 0 unspecified atom stereocenters. The molecule has 0 atom stereocenters. The molecule has 0 fully saturated rings. The predicted octanol–water partition coefficient (Wildman–Crippen LogP) is 2.76. The number of nitrogens with zero attached hydrogens (tertiary/aromatic N) is 3. The molecule has 19 heavy (non-hydrogen) atoms. The molecule has 5 heteroatoms. The number of aliphatic hydroxyl groups excluding tert-OH is 1. The number of imidazole rings is 1. The van der Waals surface area contributed by atoms with E-state index < -0.39 is 0 Å². The van der Waals surface area contributed by atoms with Gasteiger partial charge in [-0.1, -0.05) is 26.8 Å². The quantitative estimate of drug-likeness (QED) is 0.937. The Hall–Kier alpha value is -1.33. The van der Waals surface area contributed by atoms with Crippen molar-refractivity contribution in [2.24, 2.45) is 7.05 Å². The predicted molar refractivity (Wildman–Crippen MR) is 76.2 cm³/mol. The van der Waals surface area contributed by atoms with Crippen molar-refractivity contribution in [2.75, 3.05) is 0 Å². The van der Waals surface area contributed by atoms with Crippen LogP contribution < -0.4 is 0 Å². The molecule has 0 bridgehead atoms. The molecule has 0 aromatic carbocycles. The van der Waals surface area contributed by atoms with Gasteiger partial charge in [0.2, 0.25) is 0 Å². The highest BCUT2D eigenvalue weighted by Gasteiger charge is 2.14. The fourth-order valence-corrected chi connectivity index (χ4v) is 2.43. The normalized spacial score (nSPS) is 11.8. The lowest BCUT2D eigenvalue weighted by molar-refractivity contribution is 0.271. The molecular weight excluding hydrogens is 258 g/mol. The third-order valence-electron chi connectivity index (χ3n) is 3.00. The lowest BCUT2D eigenvalue weighted by Crippen LogP contribution is -2.11. The first-order valence-corrected chi connectivity index (χ1v) is 6.99. The van der Waals surface area contributed by atoms with Crippen LogP contribution in [0.4, 0.5) is 0 Å². The Balaban J connectivity index is 2.17. The van der Waals surface area contributed by atoms with E-state index in [1.54, 1.807) is 6.20 Å². The van der Waals surface area contributed by atoms with E-state index >= 15 is 0 Å². The summed E-state index contributed by atoms with van der Waals surface area (Å²) in [6.07, 6.45) is 3.60. The maximum Gasteiger partial charge on any atom is 0.174 e. The highest BCUT2D eigenvalue weighted by molar-refractivity contribution is 7.99. The monoisotopic (exact) mass is 277 g/mol. The van der Waals surface area contributed by atoms with Crippen molar-refractivity contribution in [1.82, 2.24) is 14.5 Å². The summed E-state index contributed by atoms with van der Waals surface area (Å²) in [7, 11) is 1.89. The van der Waals surface area contributed by atoms with Crippen molar-refractivity contribution in [3.05, 3.63) is 35.8 Å². The molecule has 0 amide bonds. The molecule has 0 aliphatic carbocycles. The smallest absolute Gasteiger partial charge is 0.174 e. The zero-order valence-corrected chi connectivity index (χ0v) is 12.5. The largest absolute Gasteiger partial charge is 0.390 e. The van der Waals surface area contributed by atoms with Crippen LogP contribution in [0.3, 0.4) is 0 Å². The van der Waals surface area contributed by atoms with Gasteiger partial charge in [0, 0.05) is 13.2 Å². The third kappa shape index (κ3) is 3.16. The molecule has 1 N–H and O–H groups in total. The summed E-state index contributed by atoms with van der Waals surface area (Å²) < 4.78 is 1.88. The summed E-state index contributed by atoms with van der Waals surface area (Å²) in [5.41, 5.74) is 2.13. The maximum atomic E-state index is 9.14. The highest BCUT2D eigenvalue weighted by Crippen LogP contribution is 2.27. The molecular formula is C14H19N3OS. The summed E-state index contributed by atoms with van der Waals surface area (Å²) >= 11 is 1.50. The van der Waals surface area contributed by atoms with Gasteiger partial charge in [-0.2, -0.15) is 0 Å². The Morgan fingerprint density at radius 3 is 2.42 bits per heavy atom. The van der Waals surface area contributed by atoms with Gasteiger partial charge in [0.25, 0.3) is 0 Å². The fourth-order valence-electron chi connectivity index (χ4n) is 1.65. The summed E-state index contributed by atoms with van der Waals surface area (Å²) in [5, 5.41) is 10.9. The number of aromatic nitrogens is 3. The molecule has 2 heterocycles. The Bertz CT molecular complexity index is 555. The van der Waals surface area contributed by atoms with E-state index in [2.05, 4.69) is 36.8 Å². The molecule has 0 aliphatic rings. The zero-order valence-electron chi connectivity index (χ0n) is 11.7. The van der Waals surface area contributed by atoms with Crippen molar-refractivity contribution >= 4 is 11.8 Å². The van der Waals surface area contributed by atoms with Gasteiger partial charge in [0.1, 0.15) is 5.03 Å². The minimum Gasteiger partial charge on any atom is -0.390 e. The second-order valence-corrected chi connectivity index (χ2v) is 6.47. The number of hydrogen-bond acceptors (Lipinski definition) is 4. The molecule has 0 radical (unpaired) electrons. The van der Waals surface area contributed by atoms with Gasteiger partial charge in [-0.05, 0) is 28.8 Å². The van der Waals surface area contributed by atoms with E-state index in [4.69, 9.17) is 5.11 Å². The van der Waals surface area contributed by atoms with Gasteiger partial charge in [0.15, 0.2) is 5.16 Å². The highest BCUT2D eigenvalue weighted by atomic mass is 32.2. The molecule has 2 aromatic heterocycles. The first-order chi connectivity index (χ1) is 8.91. The van der Waals surface area contributed by atoms with Crippen LogP contribution in [0.15, 0.2) is 34.7 Å². The summed E-state index contributed by atoms with van der Waals surface area (Å²) in [6, 6.07) is 4.11. The van der Waals surface area contributed by atoms with Crippen LogP contribution in [0.1, 0.15) is 32.0 Å². The minimum atomic E-state index is 0.000447. The van der Waals surface area contributed by atoms with Crippen LogP contribution in [0, 0.1) is 0 Å². The molecule has 0 spiro atoms. The maximum absolute atomic E-state index is 9.14. The first kappa shape index (κ1) is 14.1. The molecule has 0 saturated heterocycles. The molecule has 102 valence electrons. The number of aliphatic hydroxyl groups is 1. The number of rotatable bonds is 3. The van der Waals surface area contributed by atoms with Crippen molar-refractivity contribution in [3.8, 4) is 0 Å². The lowest BCUT2D eigenvalue weighted by atomic mass is 9.88. The Morgan fingerprint density at radius 1 is 1.21 bits per heavy atom. The number of pyridine rings is 1. The molecule has 2 aromatic rings. The Kier molecular flexibility index (Phi) is 3.96. The molecule has 4 nitrogen and oxygen atoms in total. The standard InChI is InChI=1S/C14H19N3OS/c1-14(2,3)10-5-6-12(15-7-10)19-13-16-8-11(9-18)17(13)4/h5-8,18H,9H2,1-4H3. The SMILES string of the molecule is Cn1c(CO)cnc1Sc1ccc(C(C)(C)C)cn1. The van der Waals surface area contributed by atoms with Gasteiger partial charge < -0.3 is 9.67 Å². The van der Waals surface area contributed by atoms with Crippen molar-refractivity contribution in [3.63, 3.8) is 0 Å². The van der Waals surface area contributed by atoms with Crippen LogP contribution in [-0.2, 0) is 19.1 Å². The molecule has 0 aliphatic heterocycles. The summed E-state index contributed by atoms with van der Waals surface area (Å²) in [4.78, 5) is 8.74. The second kappa shape index (κ2) is 5.35. The van der Waals surface area contributed by atoms with Crippen molar-refractivity contribution in [2.45, 2.75) is 43.0 Å². The second-order valence-electron chi connectivity index (χ2n) is 5.49. The van der Waals surface area contributed by atoms with E-state index in [9.17, 15) is 0 Å². The van der Waals surface area contributed by atoms with E-state index in [-0.39, 0.29) is 12.0 Å². The Labute approximate surface area is 117 Å². The van der Waals surface area contributed by atoms with E-state index in [1.165, 1.54) is 17.3 Å². The average Bonchev–Trinajstić information content (AvgIpc) is 2.70. The zero-order chi connectivity index (χ0) is 14.0. The van der Waals surface area contributed by atoms with Crippen LogP contribution >= 0.6 is 11.8 Å². The van der Waals surface area contributed by atoms with Crippen LogP contribution in [0.5, 0.6) is 0 Å². The van der Waals surface area contributed by atoms with Crippen molar-refractivity contribution in [1.29, 1.82) is 0 Å². The van der Waals surface area contributed by atoms with Gasteiger partial charge in [-0.25, -0.2) is 9.97 Å². The van der Waals surface area contributed by atoms with Gasteiger partial charge >= 0.3 is 0 Å². The topological polar surface area (TPSA) is 50.9 Å². The van der Waals surface area contributed by atoms with E-state index in [0.29, 0.717) is 0 Å². The Morgan fingerprint density at radius 2 is 1.95 bits per heavy atom. The minimum absolute atomic E-state index is 0.000447. The van der Waals surface area contributed by atoms with Crippen LogP contribution in [0.25, 0.3) is 0 Å². The molecule has 2 rings (SSSR count). The third-order valence-corrected chi connectivity index (χ3v) is 4.01.